The van der Waals surface area contributed by atoms with Crippen LogP contribution < -0.4 is 10.2 Å². The Balaban J connectivity index is 1.05. The number of nitrogens with one attached hydrogen (secondary N) is 1. The van der Waals surface area contributed by atoms with Gasteiger partial charge in [-0.25, -0.2) is 17.6 Å². The van der Waals surface area contributed by atoms with Gasteiger partial charge in [0.1, 0.15) is 16.8 Å². The van der Waals surface area contributed by atoms with E-state index in [1.54, 1.807) is 32.3 Å². The van der Waals surface area contributed by atoms with Gasteiger partial charge >= 0.3 is 6.09 Å². The van der Waals surface area contributed by atoms with E-state index >= 15 is 4.39 Å². The molecular formula is C39H49FN6O4S. The molecule has 4 heterocycles. The molecule has 0 radical (unpaired) electrons. The van der Waals surface area contributed by atoms with Gasteiger partial charge in [-0.05, 0) is 112 Å². The van der Waals surface area contributed by atoms with Crippen molar-refractivity contribution in [1.82, 2.24) is 24.6 Å². The Labute approximate surface area is 300 Å². The molecule has 2 aliphatic heterocycles. The van der Waals surface area contributed by atoms with Gasteiger partial charge in [0.25, 0.3) is 0 Å². The zero-order valence-corrected chi connectivity index (χ0v) is 30.6. The van der Waals surface area contributed by atoms with E-state index in [9.17, 15) is 13.2 Å². The van der Waals surface area contributed by atoms with Crippen molar-refractivity contribution < 1.29 is 22.3 Å². The number of halogens is 1. The van der Waals surface area contributed by atoms with E-state index in [-0.39, 0.29) is 33.5 Å². The molecule has 2 aromatic heterocycles. The Bertz CT molecular complexity index is 1930. The lowest BCUT2D eigenvalue weighted by Crippen LogP contribution is -2.55. The van der Waals surface area contributed by atoms with E-state index < -0.39 is 21.3 Å². The maximum Gasteiger partial charge on any atom is 0.407 e. The van der Waals surface area contributed by atoms with Gasteiger partial charge in [-0.3, -0.25) is 4.68 Å². The molecule has 0 bridgehead atoms. The first-order chi connectivity index (χ1) is 24.6. The van der Waals surface area contributed by atoms with E-state index in [1.807, 2.05) is 18.2 Å². The number of anilines is 1. The normalized spacial score (nSPS) is 21.7. The second kappa shape index (κ2) is 14.5. The molecule has 0 spiro atoms. The summed E-state index contributed by atoms with van der Waals surface area (Å²) >= 11 is 0. The number of amides is 1. The summed E-state index contributed by atoms with van der Waals surface area (Å²) in [4.78, 5) is 17.9. The third kappa shape index (κ3) is 7.04. The monoisotopic (exact) mass is 716 g/mol. The number of benzene rings is 2. The Morgan fingerprint density at radius 2 is 1.78 bits per heavy atom. The van der Waals surface area contributed by atoms with Crippen molar-refractivity contribution >= 4 is 21.6 Å². The average molecular weight is 717 g/mol. The van der Waals surface area contributed by atoms with Crippen LogP contribution in [0, 0.1) is 30.5 Å². The molecule has 2 aromatic carbocycles. The molecule has 12 heteroatoms. The number of alkyl carbamates (subject to hydrolysis) is 1. The van der Waals surface area contributed by atoms with Gasteiger partial charge in [0.15, 0.2) is 0 Å². The molecule has 272 valence electrons. The number of likely N-dealkylation sites (tertiary alicyclic amines) is 1. The zero-order chi connectivity index (χ0) is 35.8. The van der Waals surface area contributed by atoms with Crippen LogP contribution in [0.1, 0.15) is 43.4 Å². The minimum Gasteiger partial charge on any atom is -0.446 e. The van der Waals surface area contributed by atoms with Gasteiger partial charge in [-0.2, -0.15) is 5.10 Å². The molecular weight excluding hydrogens is 668 g/mol. The maximum atomic E-state index is 15.1. The number of ether oxygens (including phenoxy) is 1. The van der Waals surface area contributed by atoms with Crippen LogP contribution in [-0.4, -0.2) is 79.6 Å². The molecule has 1 unspecified atom stereocenters. The van der Waals surface area contributed by atoms with Crippen LogP contribution >= 0.6 is 0 Å². The van der Waals surface area contributed by atoms with E-state index in [4.69, 9.17) is 4.74 Å². The molecule has 1 saturated carbocycles. The lowest BCUT2D eigenvalue weighted by molar-refractivity contribution is 0.00175. The van der Waals surface area contributed by atoms with Crippen molar-refractivity contribution in [3.8, 4) is 0 Å². The summed E-state index contributed by atoms with van der Waals surface area (Å²) in [5, 5.41) is 6.66. The highest BCUT2D eigenvalue weighted by molar-refractivity contribution is 7.91. The summed E-state index contributed by atoms with van der Waals surface area (Å²) in [6, 6.07) is 18.5. The van der Waals surface area contributed by atoms with Gasteiger partial charge < -0.3 is 24.4 Å². The molecule has 51 heavy (non-hydrogen) atoms. The number of aryl methyl sites for hydroxylation is 2. The predicted octanol–water partition coefficient (Wildman–Crippen LogP) is 5.81. The lowest BCUT2D eigenvalue weighted by Gasteiger charge is -2.51. The summed E-state index contributed by atoms with van der Waals surface area (Å²) in [6.07, 6.45) is 9.01. The quantitative estimate of drug-likeness (QED) is 0.209. The second-order valence-corrected chi connectivity index (χ2v) is 16.7. The van der Waals surface area contributed by atoms with E-state index in [2.05, 4.69) is 56.1 Å². The van der Waals surface area contributed by atoms with Crippen LogP contribution in [0.4, 0.5) is 14.9 Å². The van der Waals surface area contributed by atoms with E-state index in [0.29, 0.717) is 12.5 Å². The number of nitrogens with zero attached hydrogens (tertiary/aromatic N) is 5. The maximum absolute atomic E-state index is 15.1. The number of hydrogen-bond acceptors (Lipinski definition) is 7. The molecule has 1 aliphatic carbocycles. The van der Waals surface area contributed by atoms with Crippen molar-refractivity contribution in [3.63, 3.8) is 0 Å². The molecule has 1 amide bonds. The Kier molecular flexibility index (Phi) is 9.99. The van der Waals surface area contributed by atoms with Gasteiger partial charge in [0, 0.05) is 81.3 Å². The number of rotatable bonds is 11. The van der Waals surface area contributed by atoms with Gasteiger partial charge in [0.2, 0.25) is 9.84 Å². The molecule has 10 nitrogen and oxygen atoms in total. The first kappa shape index (κ1) is 35.3. The Morgan fingerprint density at radius 1 is 1.02 bits per heavy atom. The summed E-state index contributed by atoms with van der Waals surface area (Å²) < 4.78 is 50.9. The van der Waals surface area contributed by atoms with Crippen LogP contribution in [0.3, 0.4) is 0 Å². The third-order valence-corrected chi connectivity index (χ3v) is 13.4. The standard InChI is InChI=1S/C39H49FN6O4S/c1-28-7-6-18-45(28)27-39(31-8-4-9-32(40)21-31,36-10-5-11-37(36)50-38(47)41-2)30-16-19-44(20-17-30)23-29-24-46(25-29)33-12-14-34(15-13-33)51(48,49)35-22-42-43(3)26-35/h4,6-9,12-15,18,21-22,26,29-30,36-37H,5,10-11,16-17,19-20,23-25,27H2,1-3H3,(H,41,47)/t36-,37-,39?/m1/s1. The van der Waals surface area contributed by atoms with Gasteiger partial charge in [-0.15, -0.1) is 0 Å². The SMILES string of the molecule is CNC(=O)O[C@@H]1CCC[C@H]1C(Cn1cccc1C)(c1cccc(F)c1)C1CCN(CC2CN(c3ccc(S(=O)(=O)c4cnn(C)c4)cc3)C2)CC1. The molecule has 3 aliphatic rings. The van der Waals surface area contributed by atoms with Gasteiger partial charge in [0.05, 0.1) is 11.1 Å². The molecule has 3 fully saturated rings. The molecule has 7 rings (SSSR count). The van der Waals surface area contributed by atoms with Crippen molar-refractivity contribution in [1.29, 1.82) is 0 Å². The zero-order valence-electron chi connectivity index (χ0n) is 29.7. The van der Waals surface area contributed by atoms with E-state index in [1.165, 1.54) is 23.1 Å². The summed E-state index contributed by atoms with van der Waals surface area (Å²) in [6.45, 7) is 7.59. The number of aromatic nitrogens is 3. The minimum atomic E-state index is -3.60. The summed E-state index contributed by atoms with van der Waals surface area (Å²) in [5.41, 5.74) is 2.77. The molecule has 2 saturated heterocycles. The molecule has 3 atom stereocenters. The largest absolute Gasteiger partial charge is 0.446 e. The number of piperidine rings is 1. The van der Waals surface area contributed by atoms with Crippen LogP contribution in [0.25, 0.3) is 0 Å². The first-order valence-corrected chi connectivity index (χ1v) is 19.6. The van der Waals surface area contributed by atoms with Crippen molar-refractivity contribution in [3.05, 3.63) is 96.3 Å². The Hall–Kier alpha value is -4.16. The van der Waals surface area contributed by atoms with Crippen LogP contribution in [-0.2, 0) is 33.6 Å². The highest BCUT2D eigenvalue weighted by Gasteiger charge is 2.53. The predicted molar refractivity (Wildman–Crippen MR) is 194 cm³/mol. The van der Waals surface area contributed by atoms with Crippen molar-refractivity contribution in [2.24, 2.45) is 24.8 Å². The first-order valence-electron chi connectivity index (χ1n) is 18.1. The van der Waals surface area contributed by atoms with Crippen LogP contribution in [0.2, 0.25) is 0 Å². The lowest BCUT2D eigenvalue weighted by atomic mass is 9.58. The van der Waals surface area contributed by atoms with Crippen LogP contribution in [0.5, 0.6) is 0 Å². The summed E-state index contributed by atoms with van der Waals surface area (Å²) in [5.74, 6) is 0.618. The minimum absolute atomic E-state index is 0.0564. The summed E-state index contributed by atoms with van der Waals surface area (Å²) in [7, 11) is -0.300. The fourth-order valence-electron chi connectivity index (χ4n) is 9.08. The smallest absolute Gasteiger partial charge is 0.407 e. The van der Waals surface area contributed by atoms with E-state index in [0.717, 1.165) is 81.8 Å². The number of carbonyl (C=O) groups excluding carboxylic acids is 1. The van der Waals surface area contributed by atoms with Crippen LogP contribution in [0.15, 0.2) is 89.0 Å². The fourth-order valence-corrected chi connectivity index (χ4v) is 10.3. The van der Waals surface area contributed by atoms with Crippen molar-refractivity contribution in [2.45, 2.75) is 66.9 Å². The molecule has 4 aromatic rings. The average Bonchev–Trinajstić information content (AvgIpc) is 3.87. The topological polar surface area (TPSA) is 102 Å². The number of hydrogen-bond donors (Lipinski definition) is 1. The Morgan fingerprint density at radius 3 is 2.43 bits per heavy atom. The number of sulfone groups is 1. The molecule has 1 N–H and O–H groups in total. The van der Waals surface area contributed by atoms with Gasteiger partial charge in [-0.1, -0.05) is 12.1 Å². The highest BCUT2D eigenvalue weighted by Crippen LogP contribution is 2.52. The third-order valence-electron chi connectivity index (χ3n) is 11.7. The highest BCUT2D eigenvalue weighted by atomic mass is 32.2. The van der Waals surface area contributed by atoms with Crippen molar-refractivity contribution in [2.75, 3.05) is 44.7 Å². The fraction of sp³-hybridized carbons (Fsp3) is 0.487. The second-order valence-electron chi connectivity index (χ2n) is 14.8. The number of carbonyl (C=O) groups is 1.